The highest BCUT2D eigenvalue weighted by atomic mass is 19.4. The van der Waals surface area contributed by atoms with Gasteiger partial charge in [-0.05, 0) is 67.6 Å². The van der Waals surface area contributed by atoms with E-state index >= 15 is 0 Å². The first-order valence-corrected chi connectivity index (χ1v) is 12.3. The van der Waals surface area contributed by atoms with Crippen LogP contribution in [0.25, 0.3) is 10.9 Å². The minimum atomic E-state index is -4.66. The van der Waals surface area contributed by atoms with Crippen LogP contribution >= 0.6 is 0 Å². The van der Waals surface area contributed by atoms with E-state index in [2.05, 4.69) is 15.3 Å². The lowest BCUT2D eigenvalue weighted by atomic mass is 9.86. The zero-order valence-electron chi connectivity index (χ0n) is 21.4. The summed E-state index contributed by atoms with van der Waals surface area (Å²) >= 11 is 0. The van der Waals surface area contributed by atoms with Gasteiger partial charge in [0.15, 0.2) is 0 Å². The molecular weight excluding hydrogens is 501 g/mol. The van der Waals surface area contributed by atoms with E-state index in [9.17, 15) is 32.7 Å². The second-order valence-electron chi connectivity index (χ2n) is 10.1. The number of nitrogens with one attached hydrogen (secondary N) is 2. The van der Waals surface area contributed by atoms with Crippen molar-refractivity contribution in [1.29, 1.82) is 0 Å². The van der Waals surface area contributed by atoms with E-state index in [1.165, 1.54) is 17.9 Å². The fourth-order valence-electron chi connectivity index (χ4n) is 5.07. The quantitative estimate of drug-likeness (QED) is 0.420. The Labute approximate surface area is 216 Å². The molecule has 3 unspecified atom stereocenters. The molecule has 38 heavy (non-hydrogen) atoms. The highest BCUT2D eigenvalue weighted by molar-refractivity contribution is 5.95. The highest BCUT2D eigenvalue weighted by Crippen LogP contribution is 2.37. The normalized spacial score (nSPS) is 18.7. The number of aromatic nitrogens is 2. The number of fused-ring (bicyclic) bond motifs is 1. The number of likely N-dealkylation sites (tertiary alicyclic amines) is 1. The number of amides is 1. The summed E-state index contributed by atoms with van der Waals surface area (Å²) in [5.41, 5.74) is -0.739. The maximum absolute atomic E-state index is 13.9. The number of carboxylic acid groups (broad SMARTS) is 1. The van der Waals surface area contributed by atoms with Crippen LogP contribution in [0.1, 0.15) is 54.1 Å². The zero-order valence-corrected chi connectivity index (χ0v) is 21.4. The van der Waals surface area contributed by atoms with Gasteiger partial charge in [0.1, 0.15) is 5.82 Å². The van der Waals surface area contributed by atoms with Gasteiger partial charge in [0.25, 0.3) is 11.5 Å². The minimum absolute atomic E-state index is 0.0378. The Morgan fingerprint density at radius 3 is 2.34 bits per heavy atom. The number of alkyl halides is 3. The van der Waals surface area contributed by atoms with E-state index in [4.69, 9.17) is 0 Å². The lowest BCUT2D eigenvalue weighted by Gasteiger charge is -2.22. The molecule has 0 spiro atoms. The SMILES string of the molecule is Cc1nc2cc(C(F)(F)F)c(C(C)Nc3ccc(C(=O)N4CC(C(=O)O)C(C(C)C)C4)cc3)cc2c(=O)[nH]1. The first-order chi connectivity index (χ1) is 17.8. The predicted octanol–water partition coefficient (Wildman–Crippen LogP) is 4.85. The Bertz CT molecular complexity index is 1430. The van der Waals surface area contributed by atoms with Crippen molar-refractivity contribution in [2.45, 2.75) is 39.9 Å². The average molecular weight is 531 g/mol. The van der Waals surface area contributed by atoms with Crippen LogP contribution in [0, 0.1) is 24.7 Å². The van der Waals surface area contributed by atoms with Crippen molar-refractivity contribution >= 4 is 28.5 Å². The highest BCUT2D eigenvalue weighted by Gasteiger charge is 2.41. The number of carbonyl (C=O) groups is 2. The zero-order chi connectivity index (χ0) is 27.9. The summed E-state index contributed by atoms with van der Waals surface area (Å²) < 4.78 is 41.7. The fourth-order valence-corrected chi connectivity index (χ4v) is 5.07. The van der Waals surface area contributed by atoms with E-state index in [0.29, 0.717) is 17.8 Å². The Kier molecular flexibility index (Phi) is 7.22. The number of rotatable bonds is 6. The van der Waals surface area contributed by atoms with Gasteiger partial charge < -0.3 is 20.3 Å². The number of carboxylic acids is 1. The van der Waals surface area contributed by atoms with Gasteiger partial charge in [0.05, 0.1) is 22.4 Å². The third-order valence-corrected chi connectivity index (χ3v) is 7.11. The summed E-state index contributed by atoms with van der Waals surface area (Å²) in [7, 11) is 0. The molecule has 202 valence electrons. The lowest BCUT2D eigenvalue weighted by molar-refractivity contribution is -0.143. The number of aliphatic carboxylic acids is 1. The van der Waals surface area contributed by atoms with Crippen LogP contribution in [0.15, 0.2) is 41.2 Å². The maximum Gasteiger partial charge on any atom is 0.416 e. The number of hydrogen-bond acceptors (Lipinski definition) is 5. The van der Waals surface area contributed by atoms with E-state index in [1.807, 2.05) is 13.8 Å². The smallest absolute Gasteiger partial charge is 0.416 e. The van der Waals surface area contributed by atoms with Crippen LogP contribution in [0.2, 0.25) is 0 Å². The van der Waals surface area contributed by atoms with Crippen molar-refractivity contribution in [2.75, 3.05) is 18.4 Å². The number of hydrogen-bond donors (Lipinski definition) is 3. The second-order valence-corrected chi connectivity index (χ2v) is 10.1. The van der Waals surface area contributed by atoms with E-state index in [1.54, 1.807) is 31.2 Å². The molecule has 1 aliphatic heterocycles. The molecule has 1 saturated heterocycles. The molecule has 3 atom stereocenters. The number of benzene rings is 2. The summed E-state index contributed by atoms with van der Waals surface area (Å²) in [4.78, 5) is 45.1. The molecule has 0 radical (unpaired) electrons. The number of aromatic amines is 1. The third-order valence-electron chi connectivity index (χ3n) is 7.11. The van der Waals surface area contributed by atoms with Crippen LogP contribution in [-0.2, 0) is 11.0 Å². The van der Waals surface area contributed by atoms with Crippen molar-refractivity contribution in [2.24, 2.45) is 17.8 Å². The Balaban J connectivity index is 1.56. The Morgan fingerprint density at radius 2 is 1.79 bits per heavy atom. The Morgan fingerprint density at radius 1 is 1.13 bits per heavy atom. The molecule has 8 nitrogen and oxygen atoms in total. The van der Waals surface area contributed by atoms with Gasteiger partial charge in [-0.25, -0.2) is 4.98 Å². The number of nitrogens with zero attached hydrogens (tertiary/aromatic N) is 2. The van der Waals surface area contributed by atoms with Gasteiger partial charge in [-0.3, -0.25) is 14.4 Å². The molecule has 2 aromatic carbocycles. The lowest BCUT2D eigenvalue weighted by Crippen LogP contribution is -2.29. The molecule has 2 heterocycles. The van der Waals surface area contributed by atoms with Gasteiger partial charge in [-0.2, -0.15) is 13.2 Å². The van der Waals surface area contributed by atoms with Crippen molar-refractivity contribution in [3.63, 3.8) is 0 Å². The molecule has 3 N–H and O–H groups in total. The van der Waals surface area contributed by atoms with Crippen molar-refractivity contribution in [3.05, 3.63) is 69.3 Å². The number of anilines is 1. The summed E-state index contributed by atoms with van der Waals surface area (Å²) in [6, 6.07) is 7.53. The first-order valence-electron chi connectivity index (χ1n) is 12.3. The topological polar surface area (TPSA) is 115 Å². The third kappa shape index (κ3) is 5.36. The molecule has 3 aromatic rings. The second kappa shape index (κ2) is 10.1. The Hall–Kier alpha value is -3.89. The average Bonchev–Trinajstić information content (AvgIpc) is 3.29. The van der Waals surface area contributed by atoms with E-state index in [0.717, 1.165) is 6.07 Å². The minimum Gasteiger partial charge on any atom is -0.481 e. The number of H-pyrrole nitrogens is 1. The van der Waals surface area contributed by atoms with E-state index in [-0.39, 0.29) is 46.6 Å². The van der Waals surface area contributed by atoms with Crippen LogP contribution in [-0.4, -0.2) is 44.9 Å². The number of halogens is 3. The van der Waals surface area contributed by atoms with Crippen LogP contribution < -0.4 is 10.9 Å². The molecule has 4 rings (SSSR count). The van der Waals surface area contributed by atoms with Gasteiger partial charge in [0.2, 0.25) is 0 Å². The van der Waals surface area contributed by atoms with Gasteiger partial charge in [-0.1, -0.05) is 13.8 Å². The monoisotopic (exact) mass is 530 g/mol. The van der Waals surface area contributed by atoms with Crippen LogP contribution in [0.4, 0.5) is 18.9 Å². The van der Waals surface area contributed by atoms with Crippen molar-refractivity contribution in [3.8, 4) is 0 Å². The van der Waals surface area contributed by atoms with Crippen LogP contribution in [0.5, 0.6) is 0 Å². The number of aryl methyl sites for hydroxylation is 1. The largest absolute Gasteiger partial charge is 0.481 e. The fraction of sp³-hybridized carbons (Fsp3) is 0.407. The summed E-state index contributed by atoms with van der Waals surface area (Å²) in [6.07, 6.45) is -4.66. The van der Waals surface area contributed by atoms with Crippen molar-refractivity contribution in [1.82, 2.24) is 14.9 Å². The van der Waals surface area contributed by atoms with Gasteiger partial charge in [-0.15, -0.1) is 0 Å². The van der Waals surface area contributed by atoms with Gasteiger partial charge in [0, 0.05) is 30.4 Å². The standard InChI is InChI=1S/C27H29F3N4O4/c1-13(2)20-11-34(12-21(20)26(37)38)25(36)16-5-7-17(8-6-16)31-14(3)18-9-19-23(10-22(18)27(28,29)30)32-15(4)33-24(19)35/h5-10,13-14,20-21,31H,11-12H2,1-4H3,(H,37,38)(H,32,33,35). The summed E-state index contributed by atoms with van der Waals surface area (Å²) in [5, 5.41) is 12.6. The predicted molar refractivity (Wildman–Crippen MR) is 136 cm³/mol. The molecule has 0 saturated carbocycles. The first kappa shape index (κ1) is 27.2. The molecule has 1 amide bonds. The van der Waals surface area contributed by atoms with Crippen LogP contribution in [0.3, 0.4) is 0 Å². The molecule has 11 heteroatoms. The molecule has 1 aromatic heterocycles. The molecule has 0 aliphatic carbocycles. The molecular formula is C27H29F3N4O4. The summed E-state index contributed by atoms with van der Waals surface area (Å²) in [6.45, 7) is 7.39. The maximum atomic E-state index is 13.9. The molecule has 0 bridgehead atoms. The molecule has 1 aliphatic rings. The van der Waals surface area contributed by atoms with Gasteiger partial charge >= 0.3 is 12.1 Å². The molecule has 1 fully saturated rings. The van der Waals surface area contributed by atoms with E-state index < -0.39 is 35.2 Å². The summed E-state index contributed by atoms with van der Waals surface area (Å²) in [5.74, 6) is -1.67. The van der Waals surface area contributed by atoms with Crippen molar-refractivity contribution < 1.29 is 27.9 Å². The number of carbonyl (C=O) groups excluding carboxylic acids is 1.